The van der Waals surface area contributed by atoms with Crippen LogP contribution in [-0.4, -0.2) is 14.4 Å². The zero-order valence-corrected chi connectivity index (χ0v) is 19.1. The SMILES string of the molecule is c1ccc(-c2ccc3c(c2)oc2c3ccc3c2c2cccc4c5nc6ccccc6nc5n3c42)cc1. The van der Waals surface area contributed by atoms with Crippen molar-refractivity contribution >= 4 is 71.3 Å². The van der Waals surface area contributed by atoms with Crippen LogP contribution in [0, 0.1) is 0 Å². The topological polar surface area (TPSA) is 43.3 Å². The monoisotopic (exact) mass is 459 g/mol. The second-order valence-corrected chi connectivity index (χ2v) is 9.44. The number of nitrogens with zero attached hydrogens (tertiary/aromatic N) is 3. The Balaban J connectivity index is 1.44. The Hall–Kier alpha value is -4.96. The zero-order chi connectivity index (χ0) is 23.4. The first-order valence-electron chi connectivity index (χ1n) is 12.1. The minimum Gasteiger partial charge on any atom is -0.455 e. The molecule has 0 aliphatic heterocycles. The maximum absolute atomic E-state index is 6.62. The lowest BCUT2D eigenvalue weighted by Crippen LogP contribution is -1.88. The third-order valence-electron chi connectivity index (χ3n) is 7.52. The molecule has 36 heavy (non-hydrogen) atoms. The quantitative estimate of drug-likeness (QED) is 0.248. The molecule has 0 aliphatic carbocycles. The molecule has 0 spiro atoms. The predicted molar refractivity (Wildman–Crippen MR) is 147 cm³/mol. The number of aromatic nitrogens is 3. The highest BCUT2D eigenvalue weighted by Crippen LogP contribution is 2.43. The van der Waals surface area contributed by atoms with Crippen molar-refractivity contribution in [1.29, 1.82) is 0 Å². The van der Waals surface area contributed by atoms with Gasteiger partial charge in [0, 0.05) is 21.5 Å². The van der Waals surface area contributed by atoms with Crippen LogP contribution in [0.4, 0.5) is 0 Å². The molecule has 0 N–H and O–H groups in total. The van der Waals surface area contributed by atoms with Crippen molar-refractivity contribution in [2.24, 2.45) is 0 Å². The van der Waals surface area contributed by atoms with Gasteiger partial charge >= 0.3 is 0 Å². The van der Waals surface area contributed by atoms with Gasteiger partial charge in [-0.2, -0.15) is 0 Å². The Labute approximate surface area is 204 Å². The smallest absolute Gasteiger partial charge is 0.165 e. The molecule has 4 heterocycles. The van der Waals surface area contributed by atoms with Crippen LogP contribution in [0.5, 0.6) is 0 Å². The molecule has 0 aliphatic rings. The number of rotatable bonds is 1. The minimum atomic E-state index is 0.886. The molecule has 0 saturated heterocycles. The Kier molecular flexibility index (Phi) is 3.25. The highest BCUT2D eigenvalue weighted by molar-refractivity contribution is 6.29. The van der Waals surface area contributed by atoms with Crippen LogP contribution in [0.3, 0.4) is 0 Å². The van der Waals surface area contributed by atoms with E-state index in [1.165, 1.54) is 10.9 Å². The lowest BCUT2D eigenvalue weighted by Gasteiger charge is -2.00. The van der Waals surface area contributed by atoms with Crippen LogP contribution < -0.4 is 0 Å². The van der Waals surface area contributed by atoms with Crippen molar-refractivity contribution < 1.29 is 4.42 Å². The Morgan fingerprint density at radius 2 is 1.36 bits per heavy atom. The third kappa shape index (κ3) is 2.19. The Morgan fingerprint density at radius 1 is 0.583 bits per heavy atom. The van der Waals surface area contributed by atoms with Gasteiger partial charge in [0.05, 0.1) is 27.5 Å². The summed E-state index contributed by atoms with van der Waals surface area (Å²) >= 11 is 0. The number of hydrogen-bond acceptors (Lipinski definition) is 3. The minimum absolute atomic E-state index is 0.886. The van der Waals surface area contributed by atoms with Gasteiger partial charge in [0.1, 0.15) is 16.7 Å². The van der Waals surface area contributed by atoms with Gasteiger partial charge in [0.2, 0.25) is 0 Å². The number of benzene rings is 5. The van der Waals surface area contributed by atoms with E-state index in [-0.39, 0.29) is 0 Å². The van der Waals surface area contributed by atoms with E-state index in [1.807, 2.05) is 30.3 Å². The van der Waals surface area contributed by atoms with E-state index in [0.717, 1.165) is 71.5 Å². The predicted octanol–water partition coefficient (Wildman–Crippen LogP) is 8.35. The summed E-state index contributed by atoms with van der Waals surface area (Å²) in [6, 6.07) is 35.8. The molecule has 166 valence electrons. The molecule has 4 heteroatoms. The van der Waals surface area contributed by atoms with E-state index in [2.05, 4.69) is 77.2 Å². The van der Waals surface area contributed by atoms with E-state index < -0.39 is 0 Å². The summed E-state index contributed by atoms with van der Waals surface area (Å²) in [5.41, 5.74) is 10.0. The van der Waals surface area contributed by atoms with Crippen molar-refractivity contribution in [3.8, 4) is 11.1 Å². The average molecular weight is 460 g/mol. The largest absolute Gasteiger partial charge is 0.455 e. The van der Waals surface area contributed by atoms with Crippen molar-refractivity contribution in [2.75, 3.05) is 0 Å². The van der Waals surface area contributed by atoms with Gasteiger partial charge in [0.15, 0.2) is 5.65 Å². The van der Waals surface area contributed by atoms with Crippen molar-refractivity contribution in [3.05, 3.63) is 103 Å². The van der Waals surface area contributed by atoms with Gasteiger partial charge in [0.25, 0.3) is 0 Å². The van der Waals surface area contributed by atoms with Gasteiger partial charge in [-0.3, -0.25) is 4.40 Å². The summed E-state index contributed by atoms with van der Waals surface area (Å²) in [7, 11) is 0. The highest BCUT2D eigenvalue weighted by Gasteiger charge is 2.22. The summed E-state index contributed by atoms with van der Waals surface area (Å²) in [5.74, 6) is 0. The number of furan rings is 1. The molecular formula is C32H17N3O. The molecule has 9 aromatic rings. The van der Waals surface area contributed by atoms with Crippen LogP contribution >= 0.6 is 0 Å². The molecule has 4 aromatic heterocycles. The van der Waals surface area contributed by atoms with Gasteiger partial charge in [-0.25, -0.2) is 9.97 Å². The first kappa shape index (κ1) is 18.4. The molecular weight excluding hydrogens is 442 g/mol. The summed E-state index contributed by atoms with van der Waals surface area (Å²) in [4.78, 5) is 10.1. The van der Waals surface area contributed by atoms with Crippen LogP contribution in [-0.2, 0) is 0 Å². The fourth-order valence-corrected chi connectivity index (χ4v) is 5.93. The van der Waals surface area contributed by atoms with Gasteiger partial charge in [-0.1, -0.05) is 66.7 Å². The van der Waals surface area contributed by atoms with Crippen molar-refractivity contribution in [3.63, 3.8) is 0 Å². The molecule has 0 atom stereocenters. The zero-order valence-electron chi connectivity index (χ0n) is 19.1. The van der Waals surface area contributed by atoms with Crippen molar-refractivity contribution in [2.45, 2.75) is 0 Å². The van der Waals surface area contributed by atoms with Gasteiger partial charge < -0.3 is 4.42 Å². The molecule has 4 nitrogen and oxygen atoms in total. The fourth-order valence-electron chi connectivity index (χ4n) is 5.93. The number of hydrogen-bond donors (Lipinski definition) is 0. The normalized spacial score (nSPS) is 12.4. The molecule has 5 aromatic carbocycles. The highest BCUT2D eigenvalue weighted by atomic mass is 16.3. The standard InChI is InChI=1S/C32H17N3O/c1-2-7-18(8-3-1)19-13-14-20-21-15-16-26-28(31(21)36-27(20)17-19)22-9-6-10-23-29-32(35(26)30(22)23)34-25-12-5-4-11-24(25)33-29/h1-17H. The van der Waals surface area contributed by atoms with Crippen molar-refractivity contribution in [1.82, 2.24) is 14.4 Å². The number of para-hydroxylation sites is 3. The second kappa shape index (κ2) is 6.37. The average Bonchev–Trinajstić information content (AvgIpc) is 3.58. The van der Waals surface area contributed by atoms with Crippen LogP contribution in [0.1, 0.15) is 0 Å². The van der Waals surface area contributed by atoms with E-state index in [1.54, 1.807) is 0 Å². The second-order valence-electron chi connectivity index (χ2n) is 9.44. The van der Waals surface area contributed by atoms with Gasteiger partial charge in [-0.05, 0) is 47.5 Å². The first-order chi connectivity index (χ1) is 17.8. The molecule has 9 rings (SSSR count). The maximum atomic E-state index is 6.62. The summed E-state index contributed by atoms with van der Waals surface area (Å²) < 4.78 is 8.88. The van der Waals surface area contributed by atoms with E-state index >= 15 is 0 Å². The van der Waals surface area contributed by atoms with E-state index in [9.17, 15) is 0 Å². The molecule has 0 radical (unpaired) electrons. The molecule has 0 saturated carbocycles. The fraction of sp³-hybridized carbons (Fsp3) is 0. The summed E-state index contributed by atoms with van der Waals surface area (Å²) in [6.07, 6.45) is 0. The Morgan fingerprint density at radius 3 is 2.25 bits per heavy atom. The van der Waals surface area contributed by atoms with E-state index in [4.69, 9.17) is 14.4 Å². The summed E-state index contributed by atoms with van der Waals surface area (Å²) in [5, 5.41) is 5.67. The first-order valence-corrected chi connectivity index (χ1v) is 12.1. The maximum Gasteiger partial charge on any atom is 0.165 e. The molecule has 0 bridgehead atoms. The molecule has 0 fully saturated rings. The molecule has 0 amide bonds. The number of fused-ring (bicyclic) bond motifs is 11. The van der Waals surface area contributed by atoms with Crippen LogP contribution in [0.15, 0.2) is 108 Å². The summed E-state index contributed by atoms with van der Waals surface area (Å²) in [6.45, 7) is 0. The van der Waals surface area contributed by atoms with Crippen LogP contribution in [0.2, 0.25) is 0 Å². The van der Waals surface area contributed by atoms with Gasteiger partial charge in [-0.15, -0.1) is 0 Å². The lowest BCUT2D eigenvalue weighted by atomic mass is 10.0. The van der Waals surface area contributed by atoms with Crippen LogP contribution in [0.25, 0.3) is 82.5 Å². The van der Waals surface area contributed by atoms with E-state index in [0.29, 0.717) is 0 Å². The lowest BCUT2D eigenvalue weighted by molar-refractivity contribution is 0.673. The molecule has 0 unspecified atom stereocenters. The Bertz CT molecular complexity index is 2310. The third-order valence-corrected chi connectivity index (χ3v) is 7.52.